The molecule has 0 radical (unpaired) electrons. The van der Waals surface area contributed by atoms with Crippen LogP contribution in [0.3, 0.4) is 0 Å². The van der Waals surface area contributed by atoms with Gasteiger partial charge in [-0.15, -0.1) is 0 Å². The minimum absolute atomic E-state index is 0.0881. The van der Waals surface area contributed by atoms with Crippen molar-refractivity contribution in [1.82, 2.24) is 9.88 Å². The Morgan fingerprint density at radius 1 is 0.947 bits per heavy atom. The molecule has 7 nitrogen and oxygen atoms in total. The monoisotopic (exact) mass is 507 g/mol. The van der Waals surface area contributed by atoms with E-state index in [1.807, 2.05) is 80.7 Å². The molecule has 0 aliphatic carbocycles. The van der Waals surface area contributed by atoms with Gasteiger partial charge in [-0.1, -0.05) is 49.4 Å². The highest BCUT2D eigenvalue weighted by Crippen LogP contribution is 2.27. The minimum atomic E-state index is -0.752. The number of anilines is 1. The first-order valence-electron chi connectivity index (χ1n) is 12.7. The van der Waals surface area contributed by atoms with E-state index in [9.17, 15) is 14.4 Å². The van der Waals surface area contributed by atoms with E-state index in [0.29, 0.717) is 18.8 Å². The first-order chi connectivity index (χ1) is 18.4. The number of para-hydroxylation sites is 1. The van der Waals surface area contributed by atoms with E-state index >= 15 is 0 Å². The van der Waals surface area contributed by atoms with Gasteiger partial charge in [0.15, 0.2) is 0 Å². The number of hydrogen-bond acceptors (Lipinski definition) is 4. The molecule has 4 aromatic rings. The van der Waals surface area contributed by atoms with Crippen molar-refractivity contribution in [3.8, 4) is 5.75 Å². The summed E-state index contributed by atoms with van der Waals surface area (Å²) in [4.78, 5) is 39.7. The Labute approximate surface area is 221 Å². The number of imide groups is 2. The van der Waals surface area contributed by atoms with Crippen LogP contribution < -0.4 is 15.0 Å². The van der Waals surface area contributed by atoms with Gasteiger partial charge in [0.2, 0.25) is 0 Å². The lowest BCUT2D eigenvalue weighted by Gasteiger charge is -2.26. The lowest BCUT2D eigenvalue weighted by Crippen LogP contribution is -2.54. The van der Waals surface area contributed by atoms with Crippen LogP contribution in [0.4, 0.5) is 10.5 Å². The number of rotatable bonds is 8. The summed E-state index contributed by atoms with van der Waals surface area (Å²) in [5, 5.41) is 3.22. The molecule has 0 bridgehead atoms. The molecule has 1 saturated heterocycles. The zero-order chi connectivity index (χ0) is 26.6. The molecule has 4 amide bonds. The Bertz CT molecular complexity index is 1550. The number of amides is 4. The third-order valence-electron chi connectivity index (χ3n) is 6.63. The smallest absolute Gasteiger partial charge is 0.335 e. The van der Waals surface area contributed by atoms with Crippen LogP contribution in [-0.2, 0) is 22.6 Å². The van der Waals surface area contributed by atoms with Gasteiger partial charge in [-0.2, -0.15) is 0 Å². The molecular weight excluding hydrogens is 478 g/mol. The molecule has 0 spiro atoms. The van der Waals surface area contributed by atoms with Crippen molar-refractivity contribution in [2.45, 2.75) is 33.2 Å². The fraction of sp³-hybridized carbons (Fsp3) is 0.194. The van der Waals surface area contributed by atoms with E-state index < -0.39 is 17.8 Å². The fourth-order valence-electron chi connectivity index (χ4n) is 4.63. The van der Waals surface area contributed by atoms with Crippen molar-refractivity contribution in [2.75, 3.05) is 11.5 Å². The second kappa shape index (κ2) is 10.8. The minimum Gasteiger partial charge on any atom is -0.494 e. The molecule has 192 valence electrons. The van der Waals surface area contributed by atoms with Gasteiger partial charge in [-0.3, -0.25) is 14.9 Å². The van der Waals surface area contributed by atoms with Crippen LogP contribution in [0.25, 0.3) is 17.0 Å². The van der Waals surface area contributed by atoms with Gasteiger partial charge in [-0.25, -0.2) is 9.69 Å². The van der Waals surface area contributed by atoms with Gasteiger partial charge >= 0.3 is 6.03 Å². The Morgan fingerprint density at radius 3 is 2.50 bits per heavy atom. The molecule has 1 aromatic heterocycles. The van der Waals surface area contributed by atoms with Crippen molar-refractivity contribution < 1.29 is 19.1 Å². The summed E-state index contributed by atoms with van der Waals surface area (Å²) in [7, 11) is 0. The molecule has 0 saturated carbocycles. The van der Waals surface area contributed by atoms with E-state index in [4.69, 9.17) is 4.74 Å². The summed E-state index contributed by atoms with van der Waals surface area (Å²) in [6.07, 6.45) is 5.12. The highest BCUT2D eigenvalue weighted by atomic mass is 16.5. The predicted molar refractivity (Wildman–Crippen MR) is 148 cm³/mol. The molecule has 2 heterocycles. The molecule has 1 fully saturated rings. The Balaban J connectivity index is 1.39. The average molecular weight is 508 g/mol. The number of benzene rings is 3. The molecule has 3 aromatic carbocycles. The third kappa shape index (κ3) is 5.09. The van der Waals surface area contributed by atoms with Crippen LogP contribution in [0.15, 0.2) is 84.6 Å². The molecule has 1 aliphatic rings. The standard InChI is InChI=1S/C31H29N3O4/c1-3-22-12-14-24(15-13-22)34-30(36)27(29(35)32-31(34)37)19-23-20-33(28-11-5-4-10-26(23)28)16-7-17-38-25-9-6-8-21(2)18-25/h4-6,8-15,18-20H,3,7,16-17H2,1-2H3,(H,32,35,37). The van der Waals surface area contributed by atoms with Crippen LogP contribution in [-0.4, -0.2) is 29.0 Å². The summed E-state index contributed by atoms with van der Waals surface area (Å²) in [5.74, 6) is -0.505. The first-order valence-corrected chi connectivity index (χ1v) is 12.7. The van der Waals surface area contributed by atoms with Crippen molar-refractivity contribution in [1.29, 1.82) is 0 Å². The number of barbiturate groups is 1. The molecule has 0 atom stereocenters. The number of aryl methyl sites for hydroxylation is 3. The summed E-state index contributed by atoms with van der Waals surface area (Å²) >= 11 is 0. The van der Waals surface area contributed by atoms with E-state index in [1.165, 1.54) is 0 Å². The molecule has 1 N–H and O–H groups in total. The average Bonchev–Trinajstić information content (AvgIpc) is 3.27. The number of carbonyl (C=O) groups is 3. The molecule has 0 unspecified atom stereocenters. The number of aromatic nitrogens is 1. The molecule has 1 aliphatic heterocycles. The second-order valence-corrected chi connectivity index (χ2v) is 9.29. The maximum Gasteiger partial charge on any atom is 0.335 e. The Morgan fingerprint density at radius 2 is 1.74 bits per heavy atom. The lowest BCUT2D eigenvalue weighted by molar-refractivity contribution is -0.122. The number of nitrogens with zero attached hydrogens (tertiary/aromatic N) is 2. The zero-order valence-electron chi connectivity index (χ0n) is 21.4. The second-order valence-electron chi connectivity index (χ2n) is 9.29. The number of urea groups is 1. The van der Waals surface area contributed by atoms with Gasteiger partial charge in [0.05, 0.1) is 12.3 Å². The lowest BCUT2D eigenvalue weighted by atomic mass is 10.1. The summed E-state index contributed by atoms with van der Waals surface area (Å²) in [6, 6.07) is 22.2. The predicted octanol–water partition coefficient (Wildman–Crippen LogP) is 5.65. The van der Waals surface area contributed by atoms with Gasteiger partial charge in [0, 0.05) is 29.2 Å². The van der Waals surface area contributed by atoms with E-state index in [0.717, 1.165) is 51.1 Å². The van der Waals surface area contributed by atoms with Crippen LogP contribution >= 0.6 is 0 Å². The highest BCUT2D eigenvalue weighted by molar-refractivity contribution is 6.39. The number of carbonyl (C=O) groups excluding carboxylic acids is 3. The highest BCUT2D eigenvalue weighted by Gasteiger charge is 2.37. The Hall–Kier alpha value is -4.65. The van der Waals surface area contributed by atoms with E-state index in [2.05, 4.69) is 9.88 Å². The molecule has 5 rings (SSSR count). The summed E-state index contributed by atoms with van der Waals surface area (Å²) in [5.41, 5.74) is 4.28. The molecule has 38 heavy (non-hydrogen) atoms. The molecular formula is C31H29N3O4. The SMILES string of the molecule is CCc1ccc(N2C(=O)NC(=O)C(=Cc3cn(CCCOc4cccc(C)c4)c4ccccc34)C2=O)cc1. The van der Waals surface area contributed by atoms with Gasteiger partial charge < -0.3 is 9.30 Å². The topological polar surface area (TPSA) is 80.6 Å². The van der Waals surface area contributed by atoms with E-state index in [1.54, 1.807) is 18.2 Å². The van der Waals surface area contributed by atoms with Crippen LogP contribution in [0.5, 0.6) is 5.75 Å². The maximum absolute atomic E-state index is 13.4. The normalized spacial score (nSPS) is 14.8. The van der Waals surface area contributed by atoms with Crippen LogP contribution in [0, 0.1) is 6.92 Å². The van der Waals surface area contributed by atoms with Crippen LogP contribution in [0.2, 0.25) is 0 Å². The summed E-state index contributed by atoms with van der Waals surface area (Å²) in [6.45, 7) is 5.31. The number of ether oxygens (including phenoxy) is 1. The molecule has 7 heteroatoms. The Kier molecular flexibility index (Phi) is 7.09. The van der Waals surface area contributed by atoms with Crippen molar-refractivity contribution in [3.63, 3.8) is 0 Å². The van der Waals surface area contributed by atoms with E-state index in [-0.39, 0.29) is 5.57 Å². The number of nitrogens with one attached hydrogen (secondary N) is 1. The number of hydrogen-bond donors (Lipinski definition) is 1. The van der Waals surface area contributed by atoms with Gasteiger partial charge in [-0.05, 0) is 67.3 Å². The first kappa shape index (κ1) is 25.0. The largest absolute Gasteiger partial charge is 0.494 e. The fourth-order valence-corrected chi connectivity index (χ4v) is 4.63. The number of fused-ring (bicyclic) bond motifs is 1. The van der Waals surface area contributed by atoms with Gasteiger partial charge in [0.25, 0.3) is 11.8 Å². The summed E-state index contributed by atoms with van der Waals surface area (Å²) < 4.78 is 7.99. The third-order valence-corrected chi connectivity index (χ3v) is 6.63. The maximum atomic E-state index is 13.4. The van der Waals surface area contributed by atoms with Crippen LogP contribution in [0.1, 0.15) is 30.0 Å². The quantitative estimate of drug-likeness (QED) is 0.190. The van der Waals surface area contributed by atoms with Crippen molar-refractivity contribution in [3.05, 3.63) is 101 Å². The zero-order valence-corrected chi connectivity index (χ0v) is 21.4. The van der Waals surface area contributed by atoms with Gasteiger partial charge in [0.1, 0.15) is 11.3 Å². The van der Waals surface area contributed by atoms with Crippen molar-refractivity contribution >= 4 is 40.5 Å². The van der Waals surface area contributed by atoms with Crippen molar-refractivity contribution in [2.24, 2.45) is 0 Å².